The van der Waals surface area contributed by atoms with E-state index in [9.17, 15) is 4.79 Å². The van der Waals surface area contributed by atoms with E-state index in [1.807, 2.05) is 0 Å². The molecule has 1 aliphatic rings. The largest absolute Gasteiger partial charge is 0.481 e. The number of nitrogens with two attached hydrogens (primary N) is 1. The van der Waals surface area contributed by atoms with Crippen LogP contribution < -0.4 is 5.73 Å². The summed E-state index contributed by atoms with van der Waals surface area (Å²) in [5.41, 5.74) is 6.35. The summed E-state index contributed by atoms with van der Waals surface area (Å²) in [6.45, 7) is 0. The third-order valence-electron chi connectivity index (χ3n) is 2.02. The number of fused-ring (bicyclic) bond motifs is 1. The van der Waals surface area contributed by atoms with Crippen molar-refractivity contribution in [1.82, 2.24) is 4.98 Å². The summed E-state index contributed by atoms with van der Waals surface area (Å²) in [5, 5.41) is 9.26. The lowest BCUT2D eigenvalue weighted by Gasteiger charge is -1.99. The molecule has 4 nitrogen and oxygen atoms in total. The van der Waals surface area contributed by atoms with Crippen LogP contribution in [0.3, 0.4) is 0 Å². The number of carboxylic acid groups (broad SMARTS) is 1. The fourth-order valence-electron chi connectivity index (χ4n) is 1.43. The van der Waals surface area contributed by atoms with Crippen molar-refractivity contribution in [2.75, 3.05) is 5.73 Å². The van der Waals surface area contributed by atoms with E-state index in [1.165, 1.54) is 11.3 Å². The number of hydrogen-bond donors (Lipinski definition) is 2. The van der Waals surface area contributed by atoms with E-state index < -0.39 is 5.97 Å². The molecule has 2 rings (SSSR count). The van der Waals surface area contributed by atoms with Crippen LogP contribution in [-0.2, 0) is 17.6 Å². The maximum absolute atomic E-state index is 10.6. The summed E-state index contributed by atoms with van der Waals surface area (Å²) in [4.78, 5) is 15.7. The molecule has 0 bridgehead atoms. The van der Waals surface area contributed by atoms with Crippen LogP contribution in [0.4, 0.5) is 5.13 Å². The summed E-state index contributed by atoms with van der Waals surface area (Å²) in [6, 6.07) is 0. The molecule has 12 heavy (non-hydrogen) atoms. The van der Waals surface area contributed by atoms with Gasteiger partial charge in [-0.15, -0.1) is 11.3 Å². The number of hydrogen-bond acceptors (Lipinski definition) is 4. The van der Waals surface area contributed by atoms with Crippen molar-refractivity contribution in [1.29, 1.82) is 0 Å². The van der Waals surface area contributed by atoms with Gasteiger partial charge in [-0.2, -0.15) is 0 Å². The number of nitrogen functional groups attached to an aromatic ring is 1. The minimum absolute atomic E-state index is 0.278. The molecule has 1 atom stereocenters. The average Bonchev–Trinajstić information content (AvgIpc) is 2.42. The second kappa shape index (κ2) is 2.45. The normalized spacial score (nSPS) is 20.8. The molecule has 0 spiro atoms. The Labute approximate surface area is 73.0 Å². The molecule has 5 heteroatoms. The molecular weight excluding hydrogens is 176 g/mol. The van der Waals surface area contributed by atoms with Gasteiger partial charge in [0.25, 0.3) is 0 Å². The molecule has 0 saturated carbocycles. The van der Waals surface area contributed by atoms with Crippen molar-refractivity contribution in [3.8, 4) is 0 Å². The fourth-order valence-corrected chi connectivity index (χ4v) is 2.37. The molecule has 0 fully saturated rings. The number of aliphatic carboxylic acids is 1. The Balaban J connectivity index is 2.24. The molecule has 0 radical (unpaired) electrons. The fraction of sp³-hybridized carbons (Fsp3) is 0.429. The molecular formula is C7H8N2O2S. The van der Waals surface area contributed by atoms with Gasteiger partial charge in [0.2, 0.25) is 0 Å². The van der Waals surface area contributed by atoms with Gasteiger partial charge >= 0.3 is 5.97 Å². The molecule has 1 aliphatic carbocycles. The lowest BCUT2D eigenvalue weighted by molar-refractivity contribution is -0.141. The van der Waals surface area contributed by atoms with Gasteiger partial charge in [-0.05, 0) is 6.42 Å². The Kier molecular flexibility index (Phi) is 1.54. The van der Waals surface area contributed by atoms with Crippen molar-refractivity contribution in [3.63, 3.8) is 0 Å². The second-order valence-corrected chi connectivity index (χ2v) is 3.98. The molecule has 3 N–H and O–H groups in total. The van der Waals surface area contributed by atoms with E-state index in [-0.39, 0.29) is 5.92 Å². The Bertz CT molecular complexity index is 311. The first kappa shape index (κ1) is 7.54. The van der Waals surface area contributed by atoms with Gasteiger partial charge in [0.05, 0.1) is 11.6 Å². The van der Waals surface area contributed by atoms with Crippen LogP contribution in [0, 0.1) is 5.92 Å². The summed E-state index contributed by atoms with van der Waals surface area (Å²) < 4.78 is 0. The summed E-state index contributed by atoms with van der Waals surface area (Å²) in [6.07, 6.45) is 1.14. The smallest absolute Gasteiger partial charge is 0.307 e. The van der Waals surface area contributed by atoms with E-state index in [0.717, 1.165) is 10.6 Å². The van der Waals surface area contributed by atoms with E-state index in [4.69, 9.17) is 10.8 Å². The molecule has 64 valence electrons. The van der Waals surface area contributed by atoms with Gasteiger partial charge in [0.15, 0.2) is 5.13 Å². The highest BCUT2D eigenvalue weighted by molar-refractivity contribution is 7.15. The van der Waals surface area contributed by atoms with Gasteiger partial charge in [-0.1, -0.05) is 0 Å². The predicted molar refractivity (Wildman–Crippen MR) is 45.1 cm³/mol. The highest BCUT2D eigenvalue weighted by Crippen LogP contribution is 2.32. The lowest BCUT2D eigenvalue weighted by Crippen LogP contribution is -2.13. The van der Waals surface area contributed by atoms with E-state index in [0.29, 0.717) is 18.0 Å². The third-order valence-corrected chi connectivity index (χ3v) is 2.96. The Morgan fingerprint density at radius 1 is 1.67 bits per heavy atom. The van der Waals surface area contributed by atoms with Gasteiger partial charge in [0, 0.05) is 11.3 Å². The SMILES string of the molecule is Nc1nc2c(s1)C[C@@H](C(=O)O)C2. The zero-order valence-corrected chi connectivity index (χ0v) is 7.10. The maximum atomic E-state index is 10.6. The maximum Gasteiger partial charge on any atom is 0.307 e. The van der Waals surface area contributed by atoms with Crippen LogP contribution in [0.1, 0.15) is 10.6 Å². The molecule has 0 saturated heterocycles. The average molecular weight is 184 g/mol. The molecule has 0 aromatic carbocycles. The van der Waals surface area contributed by atoms with Crippen molar-refractivity contribution >= 4 is 22.4 Å². The Morgan fingerprint density at radius 2 is 2.42 bits per heavy atom. The van der Waals surface area contributed by atoms with Gasteiger partial charge in [-0.3, -0.25) is 4.79 Å². The molecule has 0 aliphatic heterocycles. The zero-order chi connectivity index (χ0) is 8.72. The van der Waals surface area contributed by atoms with E-state index >= 15 is 0 Å². The Hall–Kier alpha value is -1.10. The highest BCUT2D eigenvalue weighted by Gasteiger charge is 2.29. The van der Waals surface area contributed by atoms with Crippen LogP contribution >= 0.6 is 11.3 Å². The van der Waals surface area contributed by atoms with Crippen LogP contribution in [0.15, 0.2) is 0 Å². The van der Waals surface area contributed by atoms with Crippen LogP contribution in [-0.4, -0.2) is 16.1 Å². The summed E-state index contributed by atoms with van der Waals surface area (Å²) >= 11 is 1.40. The van der Waals surface area contributed by atoms with Gasteiger partial charge in [0.1, 0.15) is 0 Å². The van der Waals surface area contributed by atoms with Crippen molar-refractivity contribution in [2.45, 2.75) is 12.8 Å². The predicted octanol–water partition coefficient (Wildman–Crippen LogP) is 0.525. The standard InChI is InChI=1S/C7H8N2O2S/c8-7-9-4-1-3(6(10)11)2-5(4)12-7/h3H,1-2H2,(H2,8,9)(H,10,11)/t3-/m0/s1. The molecule has 1 aromatic rings. The van der Waals surface area contributed by atoms with Gasteiger partial charge in [-0.25, -0.2) is 4.98 Å². The molecule has 1 heterocycles. The monoisotopic (exact) mass is 184 g/mol. The highest BCUT2D eigenvalue weighted by atomic mass is 32.1. The number of nitrogens with zero attached hydrogens (tertiary/aromatic N) is 1. The summed E-state index contributed by atoms with van der Waals surface area (Å²) in [7, 11) is 0. The number of carbonyl (C=O) groups is 1. The topological polar surface area (TPSA) is 76.2 Å². The van der Waals surface area contributed by atoms with Crippen LogP contribution in [0.25, 0.3) is 0 Å². The lowest BCUT2D eigenvalue weighted by atomic mass is 10.1. The van der Waals surface area contributed by atoms with Crippen molar-refractivity contribution in [3.05, 3.63) is 10.6 Å². The van der Waals surface area contributed by atoms with Crippen LogP contribution in [0.2, 0.25) is 0 Å². The number of aromatic nitrogens is 1. The first-order chi connectivity index (χ1) is 5.66. The first-order valence-electron chi connectivity index (χ1n) is 3.63. The molecule has 0 unspecified atom stereocenters. The quantitative estimate of drug-likeness (QED) is 0.667. The number of rotatable bonds is 1. The number of thiazole rings is 1. The molecule has 0 amide bonds. The number of anilines is 1. The molecule has 1 aromatic heterocycles. The summed E-state index contributed by atoms with van der Waals surface area (Å²) in [5.74, 6) is -1.02. The minimum Gasteiger partial charge on any atom is -0.481 e. The van der Waals surface area contributed by atoms with E-state index in [1.54, 1.807) is 0 Å². The van der Waals surface area contributed by atoms with Crippen molar-refractivity contribution < 1.29 is 9.90 Å². The Morgan fingerprint density at radius 3 is 3.00 bits per heavy atom. The minimum atomic E-state index is -0.737. The van der Waals surface area contributed by atoms with Crippen molar-refractivity contribution in [2.24, 2.45) is 5.92 Å². The third kappa shape index (κ3) is 1.06. The van der Waals surface area contributed by atoms with Gasteiger partial charge < -0.3 is 10.8 Å². The van der Waals surface area contributed by atoms with Crippen LogP contribution in [0.5, 0.6) is 0 Å². The zero-order valence-electron chi connectivity index (χ0n) is 6.28. The second-order valence-electron chi connectivity index (χ2n) is 2.87. The van der Waals surface area contributed by atoms with E-state index in [2.05, 4.69) is 4.98 Å². The first-order valence-corrected chi connectivity index (χ1v) is 4.45. The number of carboxylic acids is 1.